The normalized spacial score (nSPS) is 10.8. The first kappa shape index (κ1) is 11.7. The van der Waals surface area contributed by atoms with Gasteiger partial charge in [-0.25, -0.2) is 0 Å². The van der Waals surface area contributed by atoms with E-state index in [-0.39, 0.29) is 0 Å². The van der Waals surface area contributed by atoms with E-state index >= 15 is 0 Å². The van der Waals surface area contributed by atoms with Crippen LogP contribution in [0.15, 0.2) is 48.5 Å². The molecule has 0 bridgehead atoms. The number of hydrogen-bond donors (Lipinski definition) is 1. The van der Waals surface area contributed by atoms with Crippen LogP contribution in [0.5, 0.6) is 5.75 Å². The van der Waals surface area contributed by atoms with E-state index in [1.807, 2.05) is 67.5 Å². The Balaban J connectivity index is 2.31. The molecule has 0 heterocycles. The number of phenols is 1. The van der Waals surface area contributed by atoms with Gasteiger partial charge < -0.3 is 10.0 Å². The third kappa shape index (κ3) is 2.86. The molecule has 88 valence electrons. The number of nitrogens with zero attached hydrogens (tertiary/aromatic N) is 1. The highest BCUT2D eigenvalue weighted by Crippen LogP contribution is 2.26. The molecule has 0 radical (unpaired) electrons. The van der Waals surface area contributed by atoms with Crippen LogP contribution in [0, 0.1) is 0 Å². The molecule has 1 N–H and O–H groups in total. The second-order valence-electron chi connectivity index (χ2n) is 4.45. The fourth-order valence-electron chi connectivity index (χ4n) is 1.85. The maximum atomic E-state index is 9.97. The fourth-order valence-corrected chi connectivity index (χ4v) is 1.85. The molecule has 0 saturated heterocycles. The van der Waals surface area contributed by atoms with Crippen molar-refractivity contribution >= 4 is 0 Å². The number of rotatable bonds is 3. The lowest BCUT2D eigenvalue weighted by Gasteiger charge is -2.12. The van der Waals surface area contributed by atoms with Crippen molar-refractivity contribution in [2.24, 2.45) is 0 Å². The average Bonchev–Trinajstić information content (AvgIpc) is 2.32. The van der Waals surface area contributed by atoms with Gasteiger partial charge in [-0.05, 0) is 31.3 Å². The standard InChI is InChI=1S/C15H17NO/c1-16(2)11-14-9-8-13(10-15(14)17)12-6-4-3-5-7-12/h3-10,17H,11H2,1-2H3. The first-order valence-corrected chi connectivity index (χ1v) is 5.69. The summed E-state index contributed by atoms with van der Waals surface area (Å²) >= 11 is 0. The van der Waals surface area contributed by atoms with Crippen LogP contribution in [0.2, 0.25) is 0 Å². The molecule has 0 aliphatic rings. The van der Waals surface area contributed by atoms with Crippen LogP contribution in [-0.4, -0.2) is 24.1 Å². The van der Waals surface area contributed by atoms with Crippen molar-refractivity contribution in [3.63, 3.8) is 0 Å². The smallest absolute Gasteiger partial charge is 0.120 e. The molecule has 2 nitrogen and oxygen atoms in total. The van der Waals surface area contributed by atoms with Crippen molar-refractivity contribution in [2.75, 3.05) is 14.1 Å². The van der Waals surface area contributed by atoms with Crippen LogP contribution in [-0.2, 0) is 6.54 Å². The van der Waals surface area contributed by atoms with Crippen LogP contribution in [0.4, 0.5) is 0 Å². The molecule has 2 aromatic rings. The summed E-state index contributed by atoms with van der Waals surface area (Å²) < 4.78 is 0. The summed E-state index contributed by atoms with van der Waals surface area (Å²) in [4.78, 5) is 2.04. The minimum Gasteiger partial charge on any atom is -0.508 e. The van der Waals surface area contributed by atoms with Gasteiger partial charge in [0.15, 0.2) is 0 Å². The van der Waals surface area contributed by atoms with Crippen LogP contribution < -0.4 is 0 Å². The zero-order valence-corrected chi connectivity index (χ0v) is 10.2. The molecule has 2 aromatic carbocycles. The zero-order valence-electron chi connectivity index (χ0n) is 10.2. The summed E-state index contributed by atoms with van der Waals surface area (Å²) in [7, 11) is 3.98. The summed E-state index contributed by atoms with van der Waals surface area (Å²) in [6, 6.07) is 15.9. The van der Waals surface area contributed by atoms with E-state index in [0.717, 1.165) is 23.2 Å². The Labute approximate surface area is 102 Å². The molecular weight excluding hydrogens is 210 g/mol. The number of phenolic OH excluding ortho intramolecular Hbond substituents is 1. The highest BCUT2D eigenvalue weighted by atomic mass is 16.3. The topological polar surface area (TPSA) is 23.5 Å². The second-order valence-corrected chi connectivity index (χ2v) is 4.45. The van der Waals surface area contributed by atoms with Crippen molar-refractivity contribution in [2.45, 2.75) is 6.54 Å². The molecular formula is C15H17NO. The molecule has 2 heteroatoms. The maximum Gasteiger partial charge on any atom is 0.120 e. The molecule has 0 aliphatic heterocycles. The number of aromatic hydroxyl groups is 1. The summed E-state index contributed by atoms with van der Waals surface area (Å²) in [6.45, 7) is 0.751. The summed E-state index contributed by atoms with van der Waals surface area (Å²) in [5.41, 5.74) is 3.12. The molecule has 17 heavy (non-hydrogen) atoms. The van der Waals surface area contributed by atoms with Crippen LogP contribution in [0.3, 0.4) is 0 Å². The Morgan fingerprint density at radius 1 is 0.941 bits per heavy atom. The molecule has 0 saturated carbocycles. The lowest BCUT2D eigenvalue weighted by Crippen LogP contribution is -2.10. The molecule has 0 amide bonds. The van der Waals surface area contributed by atoms with Gasteiger partial charge in [-0.15, -0.1) is 0 Å². The molecule has 0 aliphatic carbocycles. The second kappa shape index (κ2) is 5.02. The lowest BCUT2D eigenvalue weighted by molar-refractivity contribution is 0.386. The molecule has 0 unspecified atom stereocenters. The summed E-state index contributed by atoms with van der Waals surface area (Å²) in [5.74, 6) is 0.361. The summed E-state index contributed by atoms with van der Waals surface area (Å²) in [5, 5.41) is 9.97. The largest absolute Gasteiger partial charge is 0.508 e. The van der Waals surface area contributed by atoms with E-state index in [4.69, 9.17) is 0 Å². The van der Waals surface area contributed by atoms with Crippen molar-refractivity contribution in [1.29, 1.82) is 0 Å². The Morgan fingerprint density at radius 2 is 1.65 bits per heavy atom. The van der Waals surface area contributed by atoms with Gasteiger partial charge in [-0.1, -0.05) is 42.5 Å². The van der Waals surface area contributed by atoms with Gasteiger partial charge in [-0.2, -0.15) is 0 Å². The van der Waals surface area contributed by atoms with Gasteiger partial charge in [0.05, 0.1) is 0 Å². The lowest BCUT2D eigenvalue weighted by atomic mass is 10.0. The van der Waals surface area contributed by atoms with Crippen molar-refractivity contribution in [3.8, 4) is 16.9 Å². The first-order valence-electron chi connectivity index (χ1n) is 5.69. The molecule has 2 rings (SSSR count). The van der Waals surface area contributed by atoms with Crippen molar-refractivity contribution in [3.05, 3.63) is 54.1 Å². The Bertz CT molecular complexity index is 492. The predicted molar refractivity (Wildman–Crippen MR) is 70.9 cm³/mol. The third-order valence-electron chi connectivity index (χ3n) is 2.68. The van der Waals surface area contributed by atoms with E-state index in [9.17, 15) is 5.11 Å². The zero-order chi connectivity index (χ0) is 12.3. The molecule has 0 atom stereocenters. The fraction of sp³-hybridized carbons (Fsp3) is 0.200. The van der Waals surface area contributed by atoms with Gasteiger partial charge in [0.2, 0.25) is 0 Å². The number of benzene rings is 2. The highest BCUT2D eigenvalue weighted by molar-refractivity contribution is 5.65. The van der Waals surface area contributed by atoms with Crippen molar-refractivity contribution < 1.29 is 5.11 Å². The van der Waals surface area contributed by atoms with Crippen LogP contribution >= 0.6 is 0 Å². The van der Waals surface area contributed by atoms with Gasteiger partial charge in [-0.3, -0.25) is 0 Å². The van der Waals surface area contributed by atoms with Gasteiger partial charge in [0.25, 0.3) is 0 Å². The quantitative estimate of drug-likeness (QED) is 0.870. The molecule has 0 spiro atoms. The van der Waals surface area contributed by atoms with E-state index < -0.39 is 0 Å². The highest BCUT2D eigenvalue weighted by Gasteiger charge is 2.04. The van der Waals surface area contributed by atoms with E-state index in [2.05, 4.69) is 0 Å². The minimum atomic E-state index is 0.361. The Hall–Kier alpha value is -1.80. The first-order chi connectivity index (χ1) is 8.16. The minimum absolute atomic E-state index is 0.361. The van der Waals surface area contributed by atoms with Gasteiger partial charge in [0, 0.05) is 12.1 Å². The monoisotopic (exact) mass is 227 g/mol. The van der Waals surface area contributed by atoms with Gasteiger partial charge >= 0.3 is 0 Å². The maximum absolute atomic E-state index is 9.97. The predicted octanol–water partition coefficient (Wildman–Crippen LogP) is 3.12. The Kier molecular flexibility index (Phi) is 3.45. The third-order valence-corrected chi connectivity index (χ3v) is 2.68. The van der Waals surface area contributed by atoms with Gasteiger partial charge in [0.1, 0.15) is 5.75 Å². The molecule has 0 aromatic heterocycles. The molecule has 0 fully saturated rings. The Morgan fingerprint density at radius 3 is 2.24 bits per heavy atom. The number of hydrogen-bond acceptors (Lipinski definition) is 2. The van der Waals surface area contributed by atoms with Crippen LogP contribution in [0.1, 0.15) is 5.56 Å². The van der Waals surface area contributed by atoms with E-state index in [1.165, 1.54) is 0 Å². The van der Waals surface area contributed by atoms with Crippen molar-refractivity contribution in [1.82, 2.24) is 4.90 Å². The van der Waals surface area contributed by atoms with E-state index in [1.54, 1.807) is 0 Å². The average molecular weight is 227 g/mol. The summed E-state index contributed by atoms with van der Waals surface area (Å²) in [6.07, 6.45) is 0. The van der Waals surface area contributed by atoms with Crippen LogP contribution in [0.25, 0.3) is 11.1 Å². The SMILES string of the molecule is CN(C)Cc1ccc(-c2ccccc2)cc1O. The van der Waals surface area contributed by atoms with E-state index in [0.29, 0.717) is 5.75 Å².